The summed E-state index contributed by atoms with van der Waals surface area (Å²) in [5, 5.41) is 14.3. The topological polar surface area (TPSA) is 130 Å². The highest BCUT2D eigenvalue weighted by Gasteiger charge is 2.54. The lowest BCUT2D eigenvalue weighted by atomic mass is 9.88. The molecule has 1 spiro atoms. The molecule has 1 atom stereocenters. The molecule has 0 radical (unpaired) electrons. The number of aromatic amines is 1. The molecule has 2 N–H and O–H groups in total. The van der Waals surface area contributed by atoms with Gasteiger partial charge < -0.3 is 15.0 Å². The van der Waals surface area contributed by atoms with Crippen LogP contribution in [0.4, 0.5) is 10.1 Å². The first-order valence-electron chi connectivity index (χ1n) is 11.7. The Morgan fingerprint density at radius 1 is 1.30 bits per heavy atom. The largest absolute Gasteiger partial charge is 0.481 e. The third-order valence-electron chi connectivity index (χ3n) is 7.06. The zero-order valence-electron chi connectivity index (χ0n) is 19.7. The third kappa shape index (κ3) is 4.16. The Hall–Kier alpha value is -4.06. The van der Waals surface area contributed by atoms with Crippen molar-refractivity contribution in [3.8, 4) is 17.1 Å². The van der Waals surface area contributed by atoms with Crippen molar-refractivity contribution in [1.29, 1.82) is 0 Å². The minimum atomic E-state index is -0.569. The summed E-state index contributed by atoms with van der Waals surface area (Å²) in [6, 6.07) is 4.57. The first-order chi connectivity index (χ1) is 17.9. The number of nitrogens with zero attached hydrogens (tertiary/aromatic N) is 6. The summed E-state index contributed by atoms with van der Waals surface area (Å²) < 4.78 is 20.9. The molecule has 5 heterocycles. The molecule has 11 nitrogen and oxygen atoms in total. The fraction of sp³-hybridized carbons (Fsp3) is 0.333. The molecular formula is C24H22ClFN8O3. The molecule has 4 aromatic rings. The van der Waals surface area contributed by atoms with Crippen LogP contribution in [-0.4, -0.2) is 65.7 Å². The third-order valence-corrected chi connectivity index (χ3v) is 7.27. The Kier molecular flexibility index (Phi) is 5.55. The van der Waals surface area contributed by atoms with Crippen molar-refractivity contribution in [2.75, 3.05) is 19.0 Å². The van der Waals surface area contributed by atoms with E-state index < -0.39 is 5.82 Å². The summed E-state index contributed by atoms with van der Waals surface area (Å²) in [5.74, 6) is -0.955. The number of carbonyl (C=O) groups excluding carboxylic acids is 2. The van der Waals surface area contributed by atoms with Crippen LogP contribution in [0, 0.1) is 11.7 Å². The average molecular weight is 525 g/mol. The van der Waals surface area contributed by atoms with Gasteiger partial charge in [-0.05, 0) is 37.8 Å². The van der Waals surface area contributed by atoms with Crippen LogP contribution in [0.15, 0.2) is 36.8 Å². The second-order valence-corrected chi connectivity index (χ2v) is 9.70. The van der Waals surface area contributed by atoms with Crippen LogP contribution < -0.4 is 10.1 Å². The van der Waals surface area contributed by atoms with Crippen LogP contribution in [-0.2, 0) is 4.79 Å². The number of fused-ring (bicyclic) bond motifs is 1. The van der Waals surface area contributed by atoms with Gasteiger partial charge in [-0.1, -0.05) is 11.6 Å². The van der Waals surface area contributed by atoms with E-state index in [1.54, 1.807) is 18.5 Å². The van der Waals surface area contributed by atoms with Gasteiger partial charge in [0.2, 0.25) is 11.8 Å². The van der Waals surface area contributed by atoms with E-state index >= 15 is 0 Å². The smallest absolute Gasteiger partial charge is 0.272 e. The van der Waals surface area contributed by atoms with Gasteiger partial charge in [-0.3, -0.25) is 14.7 Å². The number of rotatable bonds is 5. The van der Waals surface area contributed by atoms with E-state index in [-0.39, 0.29) is 46.1 Å². The number of piperidine rings is 1. The van der Waals surface area contributed by atoms with Gasteiger partial charge in [0.05, 0.1) is 25.2 Å². The Morgan fingerprint density at radius 3 is 2.92 bits per heavy atom. The number of amides is 2. The minimum Gasteiger partial charge on any atom is -0.481 e. The van der Waals surface area contributed by atoms with Gasteiger partial charge in [-0.25, -0.2) is 18.9 Å². The van der Waals surface area contributed by atoms with Crippen molar-refractivity contribution in [2.45, 2.75) is 31.2 Å². The minimum absolute atomic E-state index is 0.138. The number of ether oxygens (including phenoxy) is 1. The summed E-state index contributed by atoms with van der Waals surface area (Å²) in [5.41, 5.74) is 1.29. The van der Waals surface area contributed by atoms with Crippen LogP contribution in [0.2, 0.25) is 5.15 Å². The van der Waals surface area contributed by atoms with Crippen molar-refractivity contribution in [3.05, 3.63) is 53.5 Å². The molecule has 13 heteroatoms. The fourth-order valence-electron chi connectivity index (χ4n) is 4.96. The summed E-state index contributed by atoms with van der Waals surface area (Å²) in [6.07, 6.45) is 6.94. The van der Waals surface area contributed by atoms with Gasteiger partial charge in [0.1, 0.15) is 16.5 Å². The van der Waals surface area contributed by atoms with E-state index in [1.807, 2.05) is 4.90 Å². The van der Waals surface area contributed by atoms with E-state index in [1.165, 1.54) is 23.8 Å². The van der Waals surface area contributed by atoms with Crippen molar-refractivity contribution >= 4 is 34.7 Å². The Labute approximate surface area is 215 Å². The SMILES string of the molecule is COc1cc(-c2cc(C(=O)N3CC[C@H](C(=O)Nc4cnn5ccc(Cl)nc45)CC34CC4)[nH]n2)c(F)cn1. The number of carbonyl (C=O) groups is 2. The maximum atomic E-state index is 14.3. The molecule has 6 rings (SSSR count). The molecule has 190 valence electrons. The number of hydrogen-bond donors (Lipinski definition) is 2. The number of hydrogen-bond acceptors (Lipinski definition) is 7. The fourth-order valence-corrected chi connectivity index (χ4v) is 5.10. The number of pyridine rings is 1. The second-order valence-electron chi connectivity index (χ2n) is 9.31. The standard InChI is InChI=1S/C24H22ClFN8O3/c1-37-20-8-14(15(26)11-27-20)16-9-17(32-31-16)23(36)33-6-2-13(10-24(33)4-5-24)22(35)29-18-12-28-34-7-3-19(25)30-21(18)34/h3,7-9,11-13H,2,4-6,10H2,1H3,(H,29,35)(H,31,32)/t13-/m0/s1. The number of likely N-dealkylation sites (tertiary alicyclic amines) is 1. The molecule has 4 aromatic heterocycles. The van der Waals surface area contributed by atoms with Crippen molar-refractivity contribution < 1.29 is 18.7 Å². The Bertz CT molecular complexity index is 1530. The Balaban J connectivity index is 1.16. The molecule has 2 amide bonds. The second kappa shape index (κ2) is 8.80. The van der Waals surface area contributed by atoms with Crippen molar-refractivity contribution in [2.24, 2.45) is 5.92 Å². The molecular weight excluding hydrogens is 503 g/mol. The van der Waals surface area contributed by atoms with Crippen LogP contribution in [0.5, 0.6) is 5.88 Å². The van der Waals surface area contributed by atoms with Crippen LogP contribution in [0.25, 0.3) is 16.9 Å². The number of aromatic nitrogens is 6. The average Bonchev–Trinajstić information content (AvgIpc) is 3.30. The van der Waals surface area contributed by atoms with Gasteiger partial charge in [0.15, 0.2) is 11.5 Å². The van der Waals surface area contributed by atoms with Gasteiger partial charge in [-0.2, -0.15) is 10.2 Å². The lowest BCUT2D eigenvalue weighted by Gasteiger charge is -2.39. The van der Waals surface area contributed by atoms with Gasteiger partial charge >= 0.3 is 0 Å². The molecule has 2 aliphatic rings. The highest BCUT2D eigenvalue weighted by molar-refractivity contribution is 6.29. The predicted octanol–water partition coefficient (Wildman–Crippen LogP) is 3.34. The normalized spacial score (nSPS) is 18.2. The highest BCUT2D eigenvalue weighted by atomic mass is 35.5. The van der Waals surface area contributed by atoms with Gasteiger partial charge in [-0.15, -0.1) is 0 Å². The van der Waals surface area contributed by atoms with E-state index in [0.29, 0.717) is 35.9 Å². The predicted molar refractivity (Wildman–Crippen MR) is 131 cm³/mol. The lowest BCUT2D eigenvalue weighted by molar-refractivity contribution is -0.122. The molecule has 0 bridgehead atoms. The van der Waals surface area contributed by atoms with E-state index in [9.17, 15) is 14.0 Å². The molecule has 1 saturated heterocycles. The highest BCUT2D eigenvalue weighted by Crippen LogP contribution is 2.50. The summed E-state index contributed by atoms with van der Waals surface area (Å²) in [4.78, 5) is 36.4. The zero-order chi connectivity index (χ0) is 25.7. The maximum Gasteiger partial charge on any atom is 0.272 e. The number of nitrogens with one attached hydrogen (secondary N) is 2. The molecule has 1 saturated carbocycles. The maximum absolute atomic E-state index is 14.3. The number of anilines is 1. The summed E-state index contributed by atoms with van der Waals surface area (Å²) in [6.45, 7) is 0.418. The number of H-pyrrole nitrogens is 1. The quantitative estimate of drug-likeness (QED) is 0.383. The van der Waals surface area contributed by atoms with Crippen LogP contribution in [0.3, 0.4) is 0 Å². The molecule has 1 aliphatic heterocycles. The monoisotopic (exact) mass is 524 g/mol. The molecule has 0 unspecified atom stereocenters. The lowest BCUT2D eigenvalue weighted by Crippen LogP contribution is -2.50. The zero-order valence-corrected chi connectivity index (χ0v) is 20.5. The van der Waals surface area contributed by atoms with Gasteiger partial charge in [0.25, 0.3) is 5.91 Å². The van der Waals surface area contributed by atoms with E-state index in [0.717, 1.165) is 19.0 Å². The summed E-state index contributed by atoms with van der Waals surface area (Å²) >= 11 is 6.00. The Morgan fingerprint density at radius 2 is 2.14 bits per heavy atom. The molecule has 2 fully saturated rings. The first-order valence-corrected chi connectivity index (χ1v) is 12.1. The van der Waals surface area contributed by atoms with Gasteiger partial charge in [0, 0.05) is 35.8 Å². The number of halogens is 2. The first kappa shape index (κ1) is 23.3. The van der Waals surface area contributed by atoms with E-state index in [4.69, 9.17) is 16.3 Å². The van der Waals surface area contributed by atoms with Crippen LogP contribution in [0.1, 0.15) is 36.2 Å². The van der Waals surface area contributed by atoms with Crippen molar-refractivity contribution in [1.82, 2.24) is 34.7 Å². The molecule has 0 aromatic carbocycles. The molecule has 1 aliphatic carbocycles. The van der Waals surface area contributed by atoms with Crippen molar-refractivity contribution in [3.63, 3.8) is 0 Å². The summed E-state index contributed by atoms with van der Waals surface area (Å²) in [7, 11) is 1.44. The van der Waals surface area contributed by atoms with Crippen LogP contribution >= 0.6 is 11.6 Å². The number of methoxy groups -OCH3 is 1. The molecule has 37 heavy (non-hydrogen) atoms. The van der Waals surface area contributed by atoms with E-state index in [2.05, 4.69) is 30.6 Å².